The molecule has 0 saturated heterocycles. The number of hydrogen-bond donors (Lipinski definition) is 0. The van der Waals surface area contributed by atoms with Crippen molar-refractivity contribution in [3.8, 4) is 0 Å². The normalized spacial score (nSPS) is 12.2. The van der Waals surface area contributed by atoms with E-state index in [1.807, 2.05) is 0 Å². The lowest BCUT2D eigenvalue weighted by molar-refractivity contribution is -0.142. The fourth-order valence-corrected chi connectivity index (χ4v) is 1.61. The summed E-state index contributed by atoms with van der Waals surface area (Å²) in [5, 5.41) is -0.763. The number of ether oxygens (including phenoxy) is 1. The van der Waals surface area contributed by atoms with Crippen LogP contribution in [0.3, 0.4) is 0 Å². The highest BCUT2D eigenvalue weighted by molar-refractivity contribution is 6.30. The van der Waals surface area contributed by atoms with Gasteiger partial charge in [0, 0.05) is 0 Å². The molecule has 0 radical (unpaired) electrons. The van der Waals surface area contributed by atoms with Gasteiger partial charge in [0.2, 0.25) is 0 Å². The number of benzene rings is 1. The monoisotopic (exact) mass is 244 g/mol. The Hall–Kier alpha value is -1.09. The van der Waals surface area contributed by atoms with Gasteiger partial charge in [0.1, 0.15) is 11.2 Å². The molecule has 0 heterocycles. The van der Waals surface area contributed by atoms with Gasteiger partial charge in [0.05, 0.1) is 6.61 Å². The van der Waals surface area contributed by atoms with Crippen molar-refractivity contribution in [2.24, 2.45) is 0 Å². The number of esters is 1. The Kier molecular flexibility index (Phi) is 4.74. The van der Waals surface area contributed by atoms with Gasteiger partial charge in [-0.1, -0.05) is 12.1 Å². The van der Waals surface area contributed by atoms with E-state index in [4.69, 9.17) is 16.3 Å². The van der Waals surface area contributed by atoms with Crippen LogP contribution in [0.15, 0.2) is 18.2 Å². The Morgan fingerprint density at radius 2 is 2.25 bits per heavy atom. The van der Waals surface area contributed by atoms with Crippen LogP contribution in [0.4, 0.5) is 4.39 Å². The average molecular weight is 245 g/mol. The molecule has 1 aromatic carbocycles. The third kappa shape index (κ3) is 3.20. The van der Waals surface area contributed by atoms with Crippen molar-refractivity contribution in [3.05, 3.63) is 35.1 Å². The molecule has 0 aliphatic rings. The van der Waals surface area contributed by atoms with Gasteiger partial charge >= 0.3 is 5.97 Å². The van der Waals surface area contributed by atoms with Crippen molar-refractivity contribution in [3.63, 3.8) is 0 Å². The molecule has 4 heteroatoms. The minimum Gasteiger partial charge on any atom is -0.465 e. The molecule has 0 aromatic heterocycles. The van der Waals surface area contributed by atoms with Crippen molar-refractivity contribution in [1.82, 2.24) is 0 Å². The maximum atomic E-state index is 13.2. The summed E-state index contributed by atoms with van der Waals surface area (Å²) in [7, 11) is 0. The molecule has 0 fully saturated rings. The van der Waals surface area contributed by atoms with Gasteiger partial charge in [-0.05, 0) is 37.5 Å². The Balaban J connectivity index is 2.73. The molecule has 1 unspecified atom stereocenters. The fourth-order valence-electron chi connectivity index (χ4n) is 1.38. The van der Waals surface area contributed by atoms with Crippen LogP contribution in [0.1, 0.15) is 18.1 Å². The van der Waals surface area contributed by atoms with Crippen LogP contribution in [0.5, 0.6) is 0 Å². The third-order valence-corrected chi connectivity index (χ3v) is 2.65. The summed E-state index contributed by atoms with van der Waals surface area (Å²) >= 11 is 5.87. The van der Waals surface area contributed by atoms with Gasteiger partial charge in [0.25, 0.3) is 0 Å². The summed E-state index contributed by atoms with van der Waals surface area (Å²) in [6, 6.07) is 4.74. The molecule has 0 spiro atoms. The maximum Gasteiger partial charge on any atom is 0.324 e. The molecule has 88 valence electrons. The second-order valence-corrected chi connectivity index (χ2v) is 3.97. The van der Waals surface area contributed by atoms with Crippen LogP contribution in [-0.4, -0.2) is 18.0 Å². The predicted molar refractivity (Wildman–Crippen MR) is 61.1 cm³/mol. The smallest absolute Gasteiger partial charge is 0.324 e. The van der Waals surface area contributed by atoms with E-state index in [-0.39, 0.29) is 12.2 Å². The number of carbonyl (C=O) groups is 1. The molecule has 2 nitrogen and oxygen atoms in total. The zero-order valence-corrected chi connectivity index (χ0v) is 10.1. The first kappa shape index (κ1) is 13.0. The van der Waals surface area contributed by atoms with E-state index in [2.05, 4.69) is 0 Å². The van der Waals surface area contributed by atoms with Gasteiger partial charge < -0.3 is 4.74 Å². The molecule has 0 aliphatic carbocycles. The lowest BCUT2D eigenvalue weighted by atomic mass is 10.0. The number of rotatable bonds is 4. The largest absolute Gasteiger partial charge is 0.465 e. The van der Waals surface area contributed by atoms with Gasteiger partial charge in [-0.2, -0.15) is 0 Å². The van der Waals surface area contributed by atoms with Crippen molar-refractivity contribution >= 4 is 17.6 Å². The van der Waals surface area contributed by atoms with Gasteiger partial charge in [0.15, 0.2) is 0 Å². The highest BCUT2D eigenvalue weighted by atomic mass is 35.5. The molecule has 16 heavy (non-hydrogen) atoms. The molecule has 1 rings (SSSR count). The van der Waals surface area contributed by atoms with Crippen LogP contribution in [0.25, 0.3) is 0 Å². The van der Waals surface area contributed by atoms with Crippen molar-refractivity contribution in [1.29, 1.82) is 0 Å². The summed E-state index contributed by atoms with van der Waals surface area (Å²) < 4.78 is 18.0. The molecule has 1 aromatic rings. The minimum atomic E-state index is -0.763. The minimum absolute atomic E-state index is 0.282. The van der Waals surface area contributed by atoms with E-state index in [1.54, 1.807) is 26.0 Å². The van der Waals surface area contributed by atoms with Crippen molar-refractivity contribution in [2.45, 2.75) is 25.6 Å². The Morgan fingerprint density at radius 1 is 1.56 bits per heavy atom. The van der Waals surface area contributed by atoms with Crippen LogP contribution in [0.2, 0.25) is 0 Å². The van der Waals surface area contributed by atoms with Crippen LogP contribution >= 0.6 is 11.6 Å². The molecule has 0 aliphatic heterocycles. The first-order valence-electron chi connectivity index (χ1n) is 5.11. The quantitative estimate of drug-likeness (QED) is 0.601. The lowest BCUT2D eigenvalue weighted by Gasteiger charge is -2.10. The van der Waals surface area contributed by atoms with Gasteiger partial charge in [-0.15, -0.1) is 11.6 Å². The van der Waals surface area contributed by atoms with E-state index in [9.17, 15) is 9.18 Å². The predicted octanol–water partition coefficient (Wildman–Crippen LogP) is 2.85. The zero-order valence-electron chi connectivity index (χ0n) is 9.30. The molecule has 0 bridgehead atoms. The molecule has 1 atom stereocenters. The summed E-state index contributed by atoms with van der Waals surface area (Å²) in [6.07, 6.45) is 0.282. The Labute approximate surface area is 99.4 Å². The lowest BCUT2D eigenvalue weighted by Crippen LogP contribution is -2.20. The molecular weight excluding hydrogens is 231 g/mol. The van der Waals surface area contributed by atoms with E-state index < -0.39 is 11.3 Å². The Bertz CT molecular complexity index is 379. The van der Waals surface area contributed by atoms with Crippen LogP contribution in [-0.2, 0) is 16.0 Å². The zero-order chi connectivity index (χ0) is 12.1. The molecule has 0 saturated carbocycles. The first-order chi connectivity index (χ1) is 7.56. The standard InChI is InChI=1S/C12H14ClFO2/c1-3-16-12(15)10(13)7-9-5-4-6-11(14)8(9)2/h4-6,10H,3,7H2,1-2H3. The summed E-state index contributed by atoms with van der Waals surface area (Å²) in [4.78, 5) is 11.3. The van der Waals surface area contributed by atoms with E-state index in [1.165, 1.54) is 6.07 Å². The van der Waals surface area contributed by atoms with Crippen molar-refractivity contribution in [2.75, 3.05) is 6.61 Å². The highest BCUT2D eigenvalue weighted by Gasteiger charge is 2.18. The first-order valence-corrected chi connectivity index (χ1v) is 5.54. The number of hydrogen-bond acceptors (Lipinski definition) is 2. The van der Waals surface area contributed by atoms with E-state index in [0.29, 0.717) is 12.2 Å². The fraction of sp³-hybridized carbons (Fsp3) is 0.417. The van der Waals surface area contributed by atoms with Crippen molar-refractivity contribution < 1.29 is 13.9 Å². The van der Waals surface area contributed by atoms with E-state index >= 15 is 0 Å². The molecule has 0 amide bonds. The highest BCUT2D eigenvalue weighted by Crippen LogP contribution is 2.16. The summed E-state index contributed by atoms with van der Waals surface area (Å²) in [5.41, 5.74) is 1.26. The topological polar surface area (TPSA) is 26.3 Å². The molecular formula is C12H14ClFO2. The third-order valence-electron chi connectivity index (χ3n) is 2.32. The number of halogens is 2. The average Bonchev–Trinajstić information content (AvgIpc) is 2.25. The Morgan fingerprint density at radius 3 is 2.88 bits per heavy atom. The van der Waals surface area contributed by atoms with E-state index in [0.717, 1.165) is 5.56 Å². The number of carbonyl (C=O) groups excluding carboxylic acids is 1. The maximum absolute atomic E-state index is 13.2. The molecule has 0 N–H and O–H groups in total. The van der Waals surface area contributed by atoms with Gasteiger partial charge in [-0.3, -0.25) is 4.79 Å². The van der Waals surface area contributed by atoms with Crippen LogP contribution in [0, 0.1) is 12.7 Å². The second-order valence-electron chi connectivity index (χ2n) is 3.45. The number of alkyl halides is 1. The SMILES string of the molecule is CCOC(=O)C(Cl)Cc1cccc(F)c1C. The summed E-state index contributed by atoms with van der Waals surface area (Å²) in [6.45, 7) is 3.68. The summed E-state index contributed by atoms with van der Waals surface area (Å²) in [5.74, 6) is -0.752. The van der Waals surface area contributed by atoms with Gasteiger partial charge in [-0.25, -0.2) is 4.39 Å². The second kappa shape index (κ2) is 5.85. The van der Waals surface area contributed by atoms with Crippen LogP contribution < -0.4 is 0 Å².